The van der Waals surface area contributed by atoms with E-state index >= 15 is 0 Å². The second kappa shape index (κ2) is 7.30. The number of carbonyl (C=O) groups excluding carboxylic acids is 1. The number of aromatic nitrogens is 1. The zero-order valence-corrected chi connectivity index (χ0v) is 14.7. The van der Waals surface area contributed by atoms with Crippen molar-refractivity contribution in [2.24, 2.45) is 5.92 Å². The van der Waals surface area contributed by atoms with Crippen molar-refractivity contribution >= 4 is 34.4 Å². The topological polar surface area (TPSA) is 56.9 Å². The fourth-order valence-corrected chi connectivity index (χ4v) is 3.44. The van der Waals surface area contributed by atoms with E-state index in [1.165, 1.54) is 25.7 Å². The molecule has 0 atom stereocenters. The summed E-state index contributed by atoms with van der Waals surface area (Å²) in [5, 5.41) is 4.15. The van der Waals surface area contributed by atoms with Gasteiger partial charge in [0.25, 0.3) is 5.91 Å². The number of hydrogen-bond donors (Lipinski definition) is 3. The standard InChI is InChI=1S/C18H25N3OS/c1-3-4-9-23-21-14-7-8-16-15(10-14)12(2)17(20-16)18(22)19-11-13-5-6-13/h7-8,10,13,20-21H,3-6,9,11H2,1-2H3,(H,19,22). The van der Waals surface area contributed by atoms with E-state index in [9.17, 15) is 4.79 Å². The minimum atomic E-state index is 0.0115. The second-order valence-electron chi connectivity index (χ2n) is 6.34. The van der Waals surface area contributed by atoms with E-state index in [-0.39, 0.29) is 5.91 Å². The Morgan fingerprint density at radius 3 is 2.96 bits per heavy atom. The van der Waals surface area contributed by atoms with Crippen LogP contribution in [0.15, 0.2) is 18.2 Å². The fourth-order valence-electron chi connectivity index (χ4n) is 2.62. The van der Waals surface area contributed by atoms with Crippen LogP contribution in [-0.2, 0) is 0 Å². The number of benzene rings is 1. The molecule has 1 aromatic carbocycles. The average molecular weight is 331 g/mol. The molecule has 0 saturated heterocycles. The summed E-state index contributed by atoms with van der Waals surface area (Å²) in [6, 6.07) is 6.23. The number of aromatic amines is 1. The molecule has 0 radical (unpaired) electrons. The average Bonchev–Trinajstić information content (AvgIpc) is 3.33. The Bertz CT molecular complexity index is 691. The smallest absolute Gasteiger partial charge is 0.268 e. The van der Waals surface area contributed by atoms with Crippen LogP contribution in [0.3, 0.4) is 0 Å². The van der Waals surface area contributed by atoms with E-state index in [0.29, 0.717) is 11.6 Å². The van der Waals surface area contributed by atoms with Crippen molar-refractivity contribution in [2.75, 3.05) is 17.0 Å². The van der Waals surface area contributed by atoms with Gasteiger partial charge in [-0.15, -0.1) is 0 Å². The molecule has 3 N–H and O–H groups in total. The summed E-state index contributed by atoms with van der Waals surface area (Å²) >= 11 is 1.74. The van der Waals surface area contributed by atoms with Crippen molar-refractivity contribution in [2.45, 2.75) is 39.5 Å². The highest BCUT2D eigenvalue weighted by Crippen LogP contribution is 2.29. The highest BCUT2D eigenvalue weighted by atomic mass is 32.2. The van der Waals surface area contributed by atoms with Crippen molar-refractivity contribution in [1.29, 1.82) is 0 Å². The Labute approximate surface area is 141 Å². The van der Waals surface area contributed by atoms with Crippen LogP contribution < -0.4 is 10.0 Å². The normalized spacial score (nSPS) is 14.2. The van der Waals surface area contributed by atoms with Gasteiger partial charge in [0.2, 0.25) is 0 Å². The summed E-state index contributed by atoms with van der Waals surface area (Å²) in [5.74, 6) is 1.81. The van der Waals surface area contributed by atoms with E-state index in [1.54, 1.807) is 11.9 Å². The van der Waals surface area contributed by atoms with Crippen LogP contribution >= 0.6 is 11.9 Å². The monoisotopic (exact) mass is 331 g/mol. The predicted octanol–water partition coefficient (Wildman–Crippen LogP) is 4.48. The molecule has 3 rings (SSSR count). The van der Waals surface area contributed by atoms with Gasteiger partial charge in [-0.2, -0.15) is 0 Å². The van der Waals surface area contributed by atoms with Crippen LogP contribution in [0.5, 0.6) is 0 Å². The molecular formula is C18H25N3OS. The van der Waals surface area contributed by atoms with Crippen LogP contribution in [-0.4, -0.2) is 23.2 Å². The first-order chi connectivity index (χ1) is 11.2. The molecule has 1 aliphatic carbocycles. The van der Waals surface area contributed by atoms with Gasteiger partial charge in [0.1, 0.15) is 5.69 Å². The van der Waals surface area contributed by atoms with Gasteiger partial charge in [-0.25, -0.2) is 0 Å². The van der Waals surface area contributed by atoms with Gasteiger partial charge < -0.3 is 15.0 Å². The molecule has 1 aliphatic rings. The minimum Gasteiger partial charge on any atom is -0.350 e. The van der Waals surface area contributed by atoms with Crippen LogP contribution in [0.2, 0.25) is 0 Å². The third kappa shape index (κ3) is 4.02. The molecule has 0 bridgehead atoms. The number of rotatable bonds is 8. The Balaban J connectivity index is 1.71. The lowest BCUT2D eigenvalue weighted by atomic mass is 10.1. The molecular weight excluding hydrogens is 306 g/mol. The predicted molar refractivity (Wildman–Crippen MR) is 99.1 cm³/mol. The van der Waals surface area contributed by atoms with Gasteiger partial charge in [0.15, 0.2) is 0 Å². The molecule has 0 unspecified atom stereocenters. The quantitative estimate of drug-likeness (QED) is 0.494. The molecule has 5 heteroatoms. The van der Waals surface area contributed by atoms with Gasteiger partial charge >= 0.3 is 0 Å². The second-order valence-corrected chi connectivity index (χ2v) is 7.24. The van der Waals surface area contributed by atoms with Crippen LogP contribution in [0, 0.1) is 12.8 Å². The van der Waals surface area contributed by atoms with Gasteiger partial charge in [0.05, 0.1) is 0 Å². The van der Waals surface area contributed by atoms with Crippen LogP contribution in [0.25, 0.3) is 10.9 Å². The molecule has 0 aliphatic heterocycles. The Hall–Kier alpha value is -1.62. The lowest BCUT2D eigenvalue weighted by Crippen LogP contribution is -2.26. The molecule has 1 aromatic heterocycles. The van der Waals surface area contributed by atoms with Crippen molar-refractivity contribution in [3.63, 3.8) is 0 Å². The fraction of sp³-hybridized carbons (Fsp3) is 0.500. The number of anilines is 1. The van der Waals surface area contributed by atoms with E-state index < -0.39 is 0 Å². The van der Waals surface area contributed by atoms with Crippen LogP contribution in [0.4, 0.5) is 5.69 Å². The van der Waals surface area contributed by atoms with Crippen LogP contribution in [0.1, 0.15) is 48.7 Å². The van der Waals surface area contributed by atoms with Gasteiger partial charge in [-0.3, -0.25) is 4.79 Å². The van der Waals surface area contributed by atoms with Gasteiger partial charge in [0, 0.05) is 28.9 Å². The molecule has 1 heterocycles. The summed E-state index contributed by atoms with van der Waals surface area (Å²) in [4.78, 5) is 15.6. The lowest BCUT2D eigenvalue weighted by molar-refractivity contribution is 0.0947. The molecule has 0 spiro atoms. The zero-order valence-electron chi connectivity index (χ0n) is 13.9. The largest absolute Gasteiger partial charge is 0.350 e. The Morgan fingerprint density at radius 2 is 2.22 bits per heavy atom. The van der Waals surface area contributed by atoms with Gasteiger partial charge in [-0.05, 0) is 55.9 Å². The molecule has 23 heavy (non-hydrogen) atoms. The van der Waals surface area contributed by atoms with E-state index in [4.69, 9.17) is 0 Å². The first-order valence-electron chi connectivity index (χ1n) is 8.47. The number of H-pyrrole nitrogens is 1. The number of fused-ring (bicyclic) bond motifs is 1. The molecule has 2 aromatic rings. The van der Waals surface area contributed by atoms with Crippen molar-refractivity contribution < 1.29 is 4.79 Å². The Kier molecular flexibility index (Phi) is 5.16. The maximum Gasteiger partial charge on any atom is 0.268 e. The lowest BCUT2D eigenvalue weighted by Gasteiger charge is -2.05. The molecule has 1 amide bonds. The van der Waals surface area contributed by atoms with E-state index in [1.807, 2.05) is 13.0 Å². The third-order valence-corrected chi connectivity index (χ3v) is 5.20. The van der Waals surface area contributed by atoms with Crippen molar-refractivity contribution in [1.82, 2.24) is 10.3 Å². The molecule has 4 nitrogen and oxygen atoms in total. The molecule has 1 saturated carbocycles. The summed E-state index contributed by atoms with van der Waals surface area (Å²) in [6.45, 7) is 5.01. The summed E-state index contributed by atoms with van der Waals surface area (Å²) < 4.78 is 3.39. The Morgan fingerprint density at radius 1 is 1.39 bits per heavy atom. The molecule has 124 valence electrons. The van der Waals surface area contributed by atoms with Crippen molar-refractivity contribution in [3.05, 3.63) is 29.5 Å². The SMILES string of the molecule is CCCCSNc1ccc2[nH]c(C(=O)NCC3CC3)c(C)c2c1. The highest BCUT2D eigenvalue weighted by Gasteiger charge is 2.23. The number of hydrogen-bond acceptors (Lipinski definition) is 3. The minimum absolute atomic E-state index is 0.0115. The zero-order chi connectivity index (χ0) is 16.2. The summed E-state index contributed by atoms with van der Waals surface area (Å²) in [7, 11) is 0. The number of unbranched alkanes of at least 4 members (excludes halogenated alkanes) is 1. The van der Waals surface area contributed by atoms with Crippen molar-refractivity contribution in [3.8, 4) is 0 Å². The van der Waals surface area contributed by atoms with Gasteiger partial charge in [-0.1, -0.05) is 25.3 Å². The van der Waals surface area contributed by atoms with E-state index in [2.05, 4.69) is 34.1 Å². The highest BCUT2D eigenvalue weighted by molar-refractivity contribution is 8.00. The van der Waals surface area contributed by atoms with E-state index in [0.717, 1.165) is 34.5 Å². The third-order valence-electron chi connectivity index (χ3n) is 4.32. The number of nitrogens with one attached hydrogen (secondary N) is 3. The maximum absolute atomic E-state index is 12.3. The number of carbonyl (C=O) groups is 1. The first kappa shape index (κ1) is 16.2. The summed E-state index contributed by atoms with van der Waals surface area (Å²) in [6.07, 6.45) is 4.92. The number of amides is 1. The molecule has 1 fully saturated rings. The number of aryl methyl sites for hydroxylation is 1. The maximum atomic E-state index is 12.3. The summed E-state index contributed by atoms with van der Waals surface area (Å²) in [5.41, 5.74) is 3.82. The first-order valence-corrected chi connectivity index (χ1v) is 9.46.